The highest BCUT2D eigenvalue weighted by Gasteiger charge is 2.22. The summed E-state index contributed by atoms with van der Waals surface area (Å²) < 4.78 is 0. The summed E-state index contributed by atoms with van der Waals surface area (Å²) in [5, 5.41) is 14.2. The summed E-state index contributed by atoms with van der Waals surface area (Å²) in [6.07, 6.45) is 4.22. The number of thiophene rings is 1. The van der Waals surface area contributed by atoms with E-state index in [2.05, 4.69) is 25.8 Å². The normalized spacial score (nSPS) is 16.0. The number of rotatable bonds is 5. The minimum atomic E-state index is -0.466. The number of aromatic nitrogens is 3. The molecule has 7 nitrogen and oxygen atoms in total. The second kappa shape index (κ2) is 7.80. The van der Waals surface area contributed by atoms with Crippen molar-refractivity contribution in [3.8, 4) is 10.7 Å². The second-order valence-corrected chi connectivity index (χ2v) is 7.90. The number of thioether (sulfide) groups is 1. The largest absolute Gasteiger partial charge is 0.335 e. The SMILES string of the molecule is C[C@@H](Sc1n[nH]c(-c2cccs2)n1)C(=O)NC(=O)NC1CCCC1. The van der Waals surface area contributed by atoms with Gasteiger partial charge >= 0.3 is 6.03 Å². The molecule has 3 amide bonds. The summed E-state index contributed by atoms with van der Waals surface area (Å²) in [4.78, 5) is 29.3. The Hall–Kier alpha value is -1.87. The number of hydrogen-bond donors (Lipinski definition) is 3. The minimum Gasteiger partial charge on any atom is -0.335 e. The van der Waals surface area contributed by atoms with Crippen LogP contribution in [-0.2, 0) is 4.79 Å². The fourth-order valence-electron chi connectivity index (χ4n) is 2.54. The van der Waals surface area contributed by atoms with E-state index in [0.29, 0.717) is 11.0 Å². The van der Waals surface area contributed by atoms with Gasteiger partial charge in [0.15, 0.2) is 5.82 Å². The van der Waals surface area contributed by atoms with Crippen LogP contribution in [0.25, 0.3) is 10.7 Å². The number of imide groups is 1. The van der Waals surface area contributed by atoms with Gasteiger partial charge in [-0.3, -0.25) is 15.2 Å². The molecule has 3 rings (SSSR count). The molecule has 1 saturated carbocycles. The summed E-state index contributed by atoms with van der Waals surface area (Å²) in [7, 11) is 0. The molecule has 0 saturated heterocycles. The molecule has 2 aromatic rings. The van der Waals surface area contributed by atoms with Crippen molar-refractivity contribution in [2.24, 2.45) is 0 Å². The lowest BCUT2D eigenvalue weighted by atomic mass is 10.2. The third-order valence-corrected chi connectivity index (χ3v) is 5.64. The van der Waals surface area contributed by atoms with Gasteiger partial charge in [0.1, 0.15) is 0 Å². The molecule has 1 atom stereocenters. The molecule has 0 unspecified atom stereocenters. The smallest absolute Gasteiger partial charge is 0.321 e. The molecule has 9 heteroatoms. The highest BCUT2D eigenvalue weighted by Crippen LogP contribution is 2.25. The van der Waals surface area contributed by atoms with Crippen molar-refractivity contribution in [2.75, 3.05) is 0 Å². The Morgan fingerprint density at radius 2 is 2.21 bits per heavy atom. The van der Waals surface area contributed by atoms with Gasteiger partial charge in [-0.25, -0.2) is 9.78 Å². The van der Waals surface area contributed by atoms with Crippen molar-refractivity contribution in [2.45, 2.75) is 49.1 Å². The number of nitrogens with zero attached hydrogens (tertiary/aromatic N) is 2. The molecule has 0 radical (unpaired) electrons. The molecule has 0 aromatic carbocycles. The Labute approximate surface area is 148 Å². The Balaban J connectivity index is 1.49. The first-order valence-corrected chi connectivity index (χ1v) is 9.62. The summed E-state index contributed by atoms with van der Waals surface area (Å²) in [6.45, 7) is 1.73. The van der Waals surface area contributed by atoms with Crippen molar-refractivity contribution >= 4 is 35.0 Å². The maximum atomic E-state index is 12.1. The Bertz CT molecular complexity index is 695. The van der Waals surface area contributed by atoms with Crippen molar-refractivity contribution in [3.63, 3.8) is 0 Å². The van der Waals surface area contributed by atoms with E-state index in [-0.39, 0.29) is 11.9 Å². The topological polar surface area (TPSA) is 99.8 Å². The standard InChI is InChI=1S/C15H19N5O2S2/c1-9(13(21)18-14(22)16-10-5-2-3-6-10)24-15-17-12(19-20-15)11-7-4-8-23-11/h4,7-10H,2-3,5-6H2,1H3,(H,17,19,20)(H2,16,18,21,22)/t9-/m1/s1. The van der Waals surface area contributed by atoms with E-state index in [4.69, 9.17) is 0 Å². The van der Waals surface area contributed by atoms with Crippen LogP contribution in [0.5, 0.6) is 0 Å². The Morgan fingerprint density at radius 1 is 1.42 bits per heavy atom. The zero-order chi connectivity index (χ0) is 16.9. The van der Waals surface area contributed by atoms with Crippen LogP contribution < -0.4 is 10.6 Å². The quantitative estimate of drug-likeness (QED) is 0.708. The molecular weight excluding hydrogens is 346 g/mol. The first kappa shape index (κ1) is 17.0. The summed E-state index contributed by atoms with van der Waals surface area (Å²) >= 11 is 2.78. The molecule has 2 aromatic heterocycles. The van der Waals surface area contributed by atoms with E-state index in [1.165, 1.54) is 11.8 Å². The molecule has 0 aliphatic heterocycles. The first-order chi connectivity index (χ1) is 11.6. The molecule has 0 spiro atoms. The molecule has 1 fully saturated rings. The predicted octanol–water partition coefficient (Wildman–Crippen LogP) is 2.78. The van der Waals surface area contributed by atoms with E-state index in [1.807, 2.05) is 17.5 Å². The summed E-state index contributed by atoms with van der Waals surface area (Å²) in [5.41, 5.74) is 0. The van der Waals surface area contributed by atoms with Gasteiger partial charge in [-0.2, -0.15) is 0 Å². The van der Waals surface area contributed by atoms with Crippen LogP contribution in [0.2, 0.25) is 0 Å². The van der Waals surface area contributed by atoms with Crippen LogP contribution >= 0.6 is 23.1 Å². The van der Waals surface area contributed by atoms with Crippen LogP contribution in [0.4, 0.5) is 4.79 Å². The van der Waals surface area contributed by atoms with E-state index >= 15 is 0 Å². The number of carbonyl (C=O) groups excluding carboxylic acids is 2. The van der Waals surface area contributed by atoms with E-state index in [0.717, 1.165) is 30.6 Å². The third kappa shape index (κ3) is 4.35. The zero-order valence-electron chi connectivity index (χ0n) is 13.2. The average Bonchev–Trinajstić information content (AvgIpc) is 3.29. The molecule has 3 N–H and O–H groups in total. The minimum absolute atomic E-state index is 0.183. The molecule has 0 bridgehead atoms. The van der Waals surface area contributed by atoms with Gasteiger partial charge < -0.3 is 5.32 Å². The monoisotopic (exact) mass is 365 g/mol. The highest BCUT2D eigenvalue weighted by molar-refractivity contribution is 8.00. The number of carbonyl (C=O) groups is 2. The van der Waals surface area contributed by atoms with Crippen molar-refractivity contribution < 1.29 is 9.59 Å². The van der Waals surface area contributed by atoms with Gasteiger partial charge in [0.25, 0.3) is 0 Å². The zero-order valence-corrected chi connectivity index (χ0v) is 14.9. The van der Waals surface area contributed by atoms with Crippen LogP contribution in [0, 0.1) is 0 Å². The fourth-order valence-corrected chi connectivity index (χ4v) is 3.93. The van der Waals surface area contributed by atoms with Gasteiger partial charge in [-0.15, -0.1) is 16.4 Å². The summed E-state index contributed by atoms with van der Waals surface area (Å²) in [5.74, 6) is 0.331. The number of hydrogen-bond acceptors (Lipinski definition) is 6. The average molecular weight is 365 g/mol. The van der Waals surface area contributed by atoms with E-state index in [1.54, 1.807) is 18.3 Å². The Kier molecular flexibility index (Phi) is 5.52. The maximum absolute atomic E-state index is 12.1. The number of amides is 3. The fraction of sp³-hybridized carbons (Fsp3) is 0.467. The predicted molar refractivity (Wildman–Crippen MR) is 93.9 cm³/mol. The van der Waals surface area contributed by atoms with Gasteiger partial charge in [0.05, 0.1) is 10.1 Å². The van der Waals surface area contributed by atoms with Crippen molar-refractivity contribution in [1.82, 2.24) is 25.8 Å². The molecule has 24 heavy (non-hydrogen) atoms. The van der Waals surface area contributed by atoms with Gasteiger partial charge in [0.2, 0.25) is 11.1 Å². The van der Waals surface area contributed by atoms with Crippen molar-refractivity contribution in [3.05, 3.63) is 17.5 Å². The number of H-pyrrole nitrogens is 1. The Morgan fingerprint density at radius 3 is 2.92 bits per heavy atom. The van der Waals surface area contributed by atoms with E-state index < -0.39 is 11.3 Å². The highest BCUT2D eigenvalue weighted by atomic mass is 32.2. The van der Waals surface area contributed by atoms with Crippen LogP contribution in [-0.4, -0.2) is 38.4 Å². The van der Waals surface area contributed by atoms with Gasteiger partial charge in [-0.1, -0.05) is 30.7 Å². The molecule has 1 aliphatic rings. The molecule has 2 heterocycles. The second-order valence-electron chi connectivity index (χ2n) is 5.65. The molecule has 128 valence electrons. The molecular formula is C15H19N5O2S2. The van der Waals surface area contributed by atoms with Crippen LogP contribution in [0.3, 0.4) is 0 Å². The van der Waals surface area contributed by atoms with Gasteiger partial charge in [-0.05, 0) is 31.2 Å². The van der Waals surface area contributed by atoms with E-state index in [9.17, 15) is 9.59 Å². The first-order valence-electron chi connectivity index (χ1n) is 7.86. The lowest BCUT2D eigenvalue weighted by Gasteiger charge is -2.14. The van der Waals surface area contributed by atoms with Crippen molar-refractivity contribution in [1.29, 1.82) is 0 Å². The lowest BCUT2D eigenvalue weighted by Crippen LogP contribution is -2.45. The number of nitrogens with one attached hydrogen (secondary N) is 3. The molecule has 1 aliphatic carbocycles. The number of urea groups is 1. The van der Waals surface area contributed by atoms with Crippen LogP contribution in [0.15, 0.2) is 22.7 Å². The maximum Gasteiger partial charge on any atom is 0.321 e. The van der Waals surface area contributed by atoms with Crippen LogP contribution in [0.1, 0.15) is 32.6 Å². The lowest BCUT2D eigenvalue weighted by molar-refractivity contribution is -0.119. The van der Waals surface area contributed by atoms with Gasteiger partial charge in [0, 0.05) is 6.04 Å². The third-order valence-electron chi connectivity index (χ3n) is 3.80. The summed E-state index contributed by atoms with van der Waals surface area (Å²) in [6, 6.07) is 3.65. The number of aromatic amines is 1.